The Labute approximate surface area is 99.1 Å². The molecule has 0 amide bonds. The first kappa shape index (κ1) is 13.0. The van der Waals surface area contributed by atoms with Crippen LogP contribution in [0.5, 0.6) is 0 Å². The van der Waals surface area contributed by atoms with Crippen LogP contribution in [0, 0.1) is 0 Å². The summed E-state index contributed by atoms with van der Waals surface area (Å²) in [7, 11) is 0. The second-order valence-corrected chi connectivity index (χ2v) is 4.26. The predicted octanol–water partition coefficient (Wildman–Crippen LogP) is 3.99. The summed E-state index contributed by atoms with van der Waals surface area (Å²) in [6.07, 6.45) is 4.49. The van der Waals surface area contributed by atoms with Crippen LogP contribution in [-0.4, -0.2) is 13.2 Å². The molecule has 0 N–H and O–H groups in total. The summed E-state index contributed by atoms with van der Waals surface area (Å²) in [5.74, 6) is 0. The molecule has 0 atom stereocenters. The van der Waals surface area contributed by atoms with Crippen LogP contribution in [0.2, 0.25) is 0 Å². The largest absolute Gasteiger partial charge is 0.381 e. The number of aryl methyl sites for hydroxylation is 1. The van der Waals surface area contributed by atoms with Crippen molar-refractivity contribution in [1.29, 1.82) is 0 Å². The minimum absolute atomic E-state index is 0.820. The third-order valence-corrected chi connectivity index (χ3v) is 2.52. The molecule has 1 rings (SSSR count). The van der Waals surface area contributed by atoms with Gasteiger partial charge in [-0.3, -0.25) is 0 Å². The molecular formula is C15H22O. The molecular weight excluding hydrogens is 196 g/mol. The van der Waals surface area contributed by atoms with Gasteiger partial charge in [0.05, 0.1) is 6.61 Å². The SMILES string of the molecule is C=C(C)CCOCCCCc1ccccc1. The second kappa shape index (κ2) is 8.12. The van der Waals surface area contributed by atoms with Gasteiger partial charge in [-0.1, -0.05) is 35.9 Å². The van der Waals surface area contributed by atoms with Gasteiger partial charge in [0.25, 0.3) is 0 Å². The monoisotopic (exact) mass is 218 g/mol. The van der Waals surface area contributed by atoms with E-state index >= 15 is 0 Å². The molecule has 1 nitrogen and oxygen atoms in total. The van der Waals surface area contributed by atoms with E-state index in [9.17, 15) is 0 Å². The van der Waals surface area contributed by atoms with Gasteiger partial charge in [-0.05, 0) is 38.2 Å². The number of hydrogen-bond acceptors (Lipinski definition) is 1. The summed E-state index contributed by atoms with van der Waals surface area (Å²) in [4.78, 5) is 0. The lowest BCUT2D eigenvalue weighted by molar-refractivity contribution is 0.133. The molecule has 1 aromatic rings. The average Bonchev–Trinajstić information content (AvgIpc) is 2.29. The van der Waals surface area contributed by atoms with E-state index in [1.165, 1.54) is 17.6 Å². The highest BCUT2D eigenvalue weighted by Crippen LogP contribution is 2.04. The zero-order valence-corrected chi connectivity index (χ0v) is 10.2. The van der Waals surface area contributed by atoms with Gasteiger partial charge in [-0.2, -0.15) is 0 Å². The van der Waals surface area contributed by atoms with Crippen LogP contribution < -0.4 is 0 Å². The van der Waals surface area contributed by atoms with Crippen molar-refractivity contribution in [2.24, 2.45) is 0 Å². The standard InChI is InChI=1S/C15H22O/c1-14(2)11-13-16-12-7-6-10-15-8-4-3-5-9-15/h3-5,8-9H,1,6-7,10-13H2,2H3. The van der Waals surface area contributed by atoms with E-state index in [0.29, 0.717) is 0 Å². The van der Waals surface area contributed by atoms with E-state index in [0.717, 1.165) is 32.5 Å². The smallest absolute Gasteiger partial charge is 0.0502 e. The highest BCUT2D eigenvalue weighted by molar-refractivity contribution is 5.14. The molecule has 1 aromatic carbocycles. The minimum atomic E-state index is 0.820. The molecule has 88 valence electrons. The molecule has 0 aliphatic rings. The van der Waals surface area contributed by atoms with Gasteiger partial charge in [0.2, 0.25) is 0 Å². The maximum absolute atomic E-state index is 5.52. The second-order valence-electron chi connectivity index (χ2n) is 4.26. The van der Waals surface area contributed by atoms with Crippen molar-refractivity contribution in [2.75, 3.05) is 13.2 Å². The maximum Gasteiger partial charge on any atom is 0.0502 e. The van der Waals surface area contributed by atoms with Gasteiger partial charge in [-0.25, -0.2) is 0 Å². The minimum Gasteiger partial charge on any atom is -0.381 e. The van der Waals surface area contributed by atoms with Gasteiger partial charge in [0, 0.05) is 6.61 Å². The Morgan fingerprint density at radius 3 is 2.56 bits per heavy atom. The van der Waals surface area contributed by atoms with Crippen LogP contribution in [0.4, 0.5) is 0 Å². The molecule has 0 bridgehead atoms. The number of rotatable bonds is 8. The normalized spacial score (nSPS) is 10.3. The first-order chi connectivity index (χ1) is 7.79. The van der Waals surface area contributed by atoms with Crippen molar-refractivity contribution in [3.05, 3.63) is 48.0 Å². The molecule has 0 aliphatic heterocycles. The highest BCUT2D eigenvalue weighted by Gasteiger charge is 1.93. The van der Waals surface area contributed by atoms with Crippen molar-refractivity contribution in [2.45, 2.75) is 32.6 Å². The van der Waals surface area contributed by atoms with E-state index < -0.39 is 0 Å². The lowest BCUT2D eigenvalue weighted by Gasteiger charge is -2.04. The summed E-state index contributed by atoms with van der Waals surface area (Å²) in [6, 6.07) is 10.6. The summed E-state index contributed by atoms with van der Waals surface area (Å²) in [5.41, 5.74) is 2.62. The van der Waals surface area contributed by atoms with Crippen molar-refractivity contribution >= 4 is 0 Å². The summed E-state index contributed by atoms with van der Waals surface area (Å²) < 4.78 is 5.52. The molecule has 0 heterocycles. The molecule has 0 saturated carbocycles. The molecule has 0 fully saturated rings. The van der Waals surface area contributed by atoms with Crippen LogP contribution in [-0.2, 0) is 11.2 Å². The molecule has 0 saturated heterocycles. The Bertz CT molecular complexity index is 290. The Hall–Kier alpha value is -1.08. The molecule has 0 aliphatic carbocycles. The van der Waals surface area contributed by atoms with Gasteiger partial charge in [-0.15, -0.1) is 6.58 Å². The average molecular weight is 218 g/mol. The summed E-state index contributed by atoms with van der Waals surface area (Å²) >= 11 is 0. The lowest BCUT2D eigenvalue weighted by Crippen LogP contribution is -1.98. The predicted molar refractivity (Wildman–Crippen MR) is 69.6 cm³/mol. The third-order valence-electron chi connectivity index (χ3n) is 2.52. The van der Waals surface area contributed by atoms with Crippen LogP contribution in [0.3, 0.4) is 0 Å². The first-order valence-corrected chi connectivity index (χ1v) is 6.05. The number of unbranched alkanes of at least 4 members (excludes halogenated alkanes) is 1. The van der Waals surface area contributed by atoms with E-state index in [-0.39, 0.29) is 0 Å². The van der Waals surface area contributed by atoms with E-state index in [1.54, 1.807) is 0 Å². The first-order valence-electron chi connectivity index (χ1n) is 6.05. The lowest BCUT2D eigenvalue weighted by atomic mass is 10.1. The van der Waals surface area contributed by atoms with Crippen LogP contribution in [0.25, 0.3) is 0 Å². The Kier molecular flexibility index (Phi) is 6.59. The van der Waals surface area contributed by atoms with Crippen LogP contribution in [0.1, 0.15) is 31.7 Å². The topological polar surface area (TPSA) is 9.23 Å². The van der Waals surface area contributed by atoms with Crippen molar-refractivity contribution in [1.82, 2.24) is 0 Å². The quantitative estimate of drug-likeness (QED) is 0.473. The summed E-state index contributed by atoms with van der Waals surface area (Å²) in [5, 5.41) is 0. The molecule has 16 heavy (non-hydrogen) atoms. The Morgan fingerprint density at radius 1 is 1.12 bits per heavy atom. The summed E-state index contributed by atoms with van der Waals surface area (Å²) in [6.45, 7) is 7.58. The highest BCUT2D eigenvalue weighted by atomic mass is 16.5. The maximum atomic E-state index is 5.52. The molecule has 1 heteroatoms. The van der Waals surface area contributed by atoms with E-state index in [2.05, 4.69) is 36.9 Å². The zero-order valence-electron chi connectivity index (χ0n) is 10.2. The molecule has 0 radical (unpaired) electrons. The van der Waals surface area contributed by atoms with Crippen molar-refractivity contribution in [3.8, 4) is 0 Å². The van der Waals surface area contributed by atoms with Gasteiger partial charge in [0.15, 0.2) is 0 Å². The Morgan fingerprint density at radius 2 is 1.88 bits per heavy atom. The van der Waals surface area contributed by atoms with Crippen LogP contribution in [0.15, 0.2) is 42.5 Å². The number of hydrogen-bond donors (Lipinski definition) is 0. The van der Waals surface area contributed by atoms with E-state index in [1.807, 2.05) is 6.92 Å². The van der Waals surface area contributed by atoms with Crippen molar-refractivity contribution in [3.63, 3.8) is 0 Å². The van der Waals surface area contributed by atoms with E-state index in [4.69, 9.17) is 4.74 Å². The van der Waals surface area contributed by atoms with Gasteiger partial charge >= 0.3 is 0 Å². The Balaban J connectivity index is 1.94. The molecule has 0 spiro atoms. The zero-order chi connectivity index (χ0) is 11.6. The van der Waals surface area contributed by atoms with Gasteiger partial charge < -0.3 is 4.74 Å². The third kappa shape index (κ3) is 6.41. The number of ether oxygens (including phenoxy) is 1. The number of benzene rings is 1. The fourth-order valence-electron chi connectivity index (χ4n) is 1.53. The fourth-order valence-corrected chi connectivity index (χ4v) is 1.53. The fraction of sp³-hybridized carbons (Fsp3) is 0.467. The van der Waals surface area contributed by atoms with Crippen molar-refractivity contribution < 1.29 is 4.74 Å². The molecule has 0 aromatic heterocycles. The van der Waals surface area contributed by atoms with Crippen LogP contribution >= 0.6 is 0 Å². The molecule has 0 unspecified atom stereocenters. The van der Waals surface area contributed by atoms with Gasteiger partial charge in [0.1, 0.15) is 0 Å².